The first-order valence-electron chi connectivity index (χ1n) is 7.36. The number of likely N-dealkylation sites (tertiary alicyclic amines) is 1. The number of aromatic nitrogens is 5. The molecule has 0 bridgehead atoms. The summed E-state index contributed by atoms with van der Waals surface area (Å²) in [4.78, 5) is 17.5. The van der Waals surface area contributed by atoms with E-state index in [2.05, 4.69) is 15.2 Å². The number of imidazole rings is 1. The van der Waals surface area contributed by atoms with Gasteiger partial charge in [-0.05, 0) is 12.8 Å². The molecule has 8 heteroatoms. The Kier molecular flexibility index (Phi) is 4.08. The zero-order chi connectivity index (χ0) is 15.5. The minimum atomic E-state index is -0.273. The Hall–Kier alpha value is -2.38. The maximum absolute atomic E-state index is 11.7. The molecular formula is C14H20N6O2. The van der Waals surface area contributed by atoms with Gasteiger partial charge >= 0.3 is 6.09 Å². The molecule has 2 aromatic rings. The summed E-state index contributed by atoms with van der Waals surface area (Å²) in [5, 5.41) is 8.63. The number of carbonyl (C=O) groups excluding carboxylic acids is 1. The Balaban J connectivity index is 1.74. The van der Waals surface area contributed by atoms with Crippen molar-refractivity contribution in [2.75, 3.05) is 20.2 Å². The highest BCUT2D eigenvalue weighted by atomic mass is 16.5. The van der Waals surface area contributed by atoms with Gasteiger partial charge in [-0.25, -0.2) is 9.78 Å². The molecule has 1 fully saturated rings. The first-order valence-corrected chi connectivity index (χ1v) is 7.36. The van der Waals surface area contributed by atoms with Gasteiger partial charge in [-0.3, -0.25) is 0 Å². The summed E-state index contributed by atoms with van der Waals surface area (Å²) in [7, 11) is 3.39. The molecule has 1 aliphatic rings. The van der Waals surface area contributed by atoms with Crippen molar-refractivity contribution in [2.45, 2.75) is 25.3 Å². The van der Waals surface area contributed by atoms with E-state index in [0.29, 0.717) is 13.1 Å². The fourth-order valence-corrected chi connectivity index (χ4v) is 2.89. The second-order valence-corrected chi connectivity index (χ2v) is 5.52. The van der Waals surface area contributed by atoms with Crippen LogP contribution in [0.4, 0.5) is 4.79 Å². The smallest absolute Gasteiger partial charge is 0.409 e. The van der Waals surface area contributed by atoms with Crippen LogP contribution in [0.15, 0.2) is 18.7 Å². The topological polar surface area (TPSA) is 78.1 Å². The molecule has 3 heterocycles. The number of amides is 1. The van der Waals surface area contributed by atoms with E-state index in [1.807, 2.05) is 22.4 Å². The van der Waals surface area contributed by atoms with Crippen molar-refractivity contribution < 1.29 is 9.53 Å². The van der Waals surface area contributed by atoms with E-state index in [9.17, 15) is 4.79 Å². The average molecular weight is 304 g/mol. The molecular weight excluding hydrogens is 284 g/mol. The van der Waals surface area contributed by atoms with Gasteiger partial charge in [-0.2, -0.15) is 0 Å². The van der Waals surface area contributed by atoms with E-state index in [-0.39, 0.29) is 12.0 Å². The van der Waals surface area contributed by atoms with Crippen LogP contribution in [0.25, 0.3) is 0 Å². The Morgan fingerprint density at radius 3 is 3.05 bits per heavy atom. The van der Waals surface area contributed by atoms with Crippen LogP contribution in [-0.4, -0.2) is 55.5 Å². The van der Waals surface area contributed by atoms with E-state index in [0.717, 1.165) is 31.0 Å². The van der Waals surface area contributed by atoms with Crippen molar-refractivity contribution in [2.24, 2.45) is 7.05 Å². The number of rotatable bonds is 3. The van der Waals surface area contributed by atoms with Crippen molar-refractivity contribution in [1.29, 1.82) is 0 Å². The van der Waals surface area contributed by atoms with Crippen molar-refractivity contribution >= 4 is 6.09 Å². The Morgan fingerprint density at radius 2 is 2.32 bits per heavy atom. The lowest BCUT2D eigenvalue weighted by atomic mass is 9.97. The number of ether oxygens (including phenoxy) is 1. The van der Waals surface area contributed by atoms with Gasteiger partial charge in [0.2, 0.25) is 0 Å². The molecule has 1 saturated heterocycles. The SMILES string of the molecule is COC(=O)N1CCCC(c2nnc(Cn3ccnc3)n2C)C1. The number of methoxy groups -OCH3 is 1. The van der Waals surface area contributed by atoms with Gasteiger partial charge in [-0.1, -0.05) is 0 Å². The van der Waals surface area contributed by atoms with Crippen LogP contribution in [0.3, 0.4) is 0 Å². The first kappa shape index (κ1) is 14.6. The molecule has 1 unspecified atom stereocenters. The van der Waals surface area contributed by atoms with Gasteiger partial charge in [-0.15, -0.1) is 10.2 Å². The van der Waals surface area contributed by atoms with E-state index in [1.165, 1.54) is 7.11 Å². The van der Waals surface area contributed by atoms with Gasteiger partial charge in [0.1, 0.15) is 5.82 Å². The highest BCUT2D eigenvalue weighted by Crippen LogP contribution is 2.26. The van der Waals surface area contributed by atoms with Crippen molar-refractivity contribution in [1.82, 2.24) is 29.2 Å². The third kappa shape index (κ3) is 2.81. The third-order valence-electron chi connectivity index (χ3n) is 4.10. The van der Waals surface area contributed by atoms with Gasteiger partial charge in [0, 0.05) is 38.4 Å². The average Bonchev–Trinajstić information content (AvgIpc) is 3.18. The van der Waals surface area contributed by atoms with Gasteiger partial charge in [0.05, 0.1) is 20.0 Å². The molecule has 22 heavy (non-hydrogen) atoms. The lowest BCUT2D eigenvalue weighted by Gasteiger charge is -2.31. The number of nitrogens with zero attached hydrogens (tertiary/aromatic N) is 6. The predicted octanol–water partition coefficient (Wildman–Crippen LogP) is 1.01. The standard InChI is InChI=1S/C14H20N6O2/c1-18-12(9-19-7-5-15-10-19)16-17-13(18)11-4-3-6-20(8-11)14(21)22-2/h5,7,10-11H,3-4,6,8-9H2,1-2H3. The normalized spacial score (nSPS) is 18.5. The van der Waals surface area contributed by atoms with Crippen molar-refractivity contribution in [3.05, 3.63) is 30.4 Å². The van der Waals surface area contributed by atoms with Gasteiger partial charge < -0.3 is 18.8 Å². The highest BCUT2D eigenvalue weighted by Gasteiger charge is 2.28. The second-order valence-electron chi connectivity index (χ2n) is 5.52. The van der Waals surface area contributed by atoms with E-state index >= 15 is 0 Å². The molecule has 0 saturated carbocycles. The molecule has 1 aliphatic heterocycles. The summed E-state index contributed by atoms with van der Waals surface area (Å²) in [5.74, 6) is 1.99. The fourth-order valence-electron chi connectivity index (χ4n) is 2.89. The first-order chi connectivity index (χ1) is 10.7. The van der Waals surface area contributed by atoms with E-state index in [1.54, 1.807) is 17.4 Å². The van der Waals surface area contributed by atoms with Crippen LogP contribution in [-0.2, 0) is 18.3 Å². The van der Waals surface area contributed by atoms with E-state index < -0.39 is 0 Å². The summed E-state index contributed by atoms with van der Waals surface area (Å²) in [6.07, 6.45) is 7.08. The predicted molar refractivity (Wildman–Crippen MR) is 78.3 cm³/mol. The number of piperidine rings is 1. The lowest BCUT2D eigenvalue weighted by Crippen LogP contribution is -2.39. The largest absolute Gasteiger partial charge is 0.453 e. The van der Waals surface area contributed by atoms with Crippen LogP contribution in [0.1, 0.15) is 30.4 Å². The number of hydrogen-bond donors (Lipinski definition) is 0. The lowest BCUT2D eigenvalue weighted by molar-refractivity contribution is 0.110. The number of carbonyl (C=O) groups is 1. The summed E-state index contributed by atoms with van der Waals surface area (Å²) in [5.41, 5.74) is 0. The van der Waals surface area contributed by atoms with Crippen LogP contribution in [0, 0.1) is 0 Å². The van der Waals surface area contributed by atoms with E-state index in [4.69, 9.17) is 4.74 Å². The maximum atomic E-state index is 11.7. The molecule has 3 rings (SSSR count). The highest BCUT2D eigenvalue weighted by molar-refractivity contribution is 5.67. The minimum Gasteiger partial charge on any atom is -0.453 e. The molecule has 1 atom stereocenters. The molecule has 8 nitrogen and oxygen atoms in total. The van der Waals surface area contributed by atoms with Crippen molar-refractivity contribution in [3.63, 3.8) is 0 Å². The zero-order valence-corrected chi connectivity index (χ0v) is 12.8. The second kappa shape index (κ2) is 6.17. The third-order valence-corrected chi connectivity index (χ3v) is 4.10. The summed E-state index contributed by atoms with van der Waals surface area (Å²) >= 11 is 0. The van der Waals surface area contributed by atoms with Crippen LogP contribution in [0.5, 0.6) is 0 Å². The Labute approximate surface area is 128 Å². The van der Waals surface area contributed by atoms with Crippen LogP contribution in [0.2, 0.25) is 0 Å². The molecule has 0 aliphatic carbocycles. The summed E-state index contributed by atoms with van der Waals surface area (Å²) < 4.78 is 8.79. The zero-order valence-electron chi connectivity index (χ0n) is 12.8. The maximum Gasteiger partial charge on any atom is 0.409 e. The van der Waals surface area contributed by atoms with Gasteiger partial charge in [0.25, 0.3) is 0 Å². The molecule has 118 valence electrons. The molecule has 0 spiro atoms. The Morgan fingerprint density at radius 1 is 1.45 bits per heavy atom. The monoisotopic (exact) mass is 304 g/mol. The van der Waals surface area contributed by atoms with Crippen LogP contribution < -0.4 is 0 Å². The number of hydrogen-bond acceptors (Lipinski definition) is 5. The Bertz CT molecular complexity index is 636. The van der Waals surface area contributed by atoms with Crippen LogP contribution >= 0.6 is 0 Å². The summed E-state index contributed by atoms with van der Waals surface area (Å²) in [6, 6.07) is 0. The molecule has 0 radical (unpaired) electrons. The quantitative estimate of drug-likeness (QED) is 0.845. The summed E-state index contributed by atoms with van der Waals surface area (Å²) in [6.45, 7) is 2.00. The molecule has 0 N–H and O–H groups in total. The fraction of sp³-hybridized carbons (Fsp3) is 0.571. The molecule has 2 aromatic heterocycles. The minimum absolute atomic E-state index is 0.196. The van der Waals surface area contributed by atoms with Gasteiger partial charge in [0.15, 0.2) is 5.82 Å². The van der Waals surface area contributed by atoms with Crippen molar-refractivity contribution in [3.8, 4) is 0 Å². The molecule has 1 amide bonds. The molecule has 0 aromatic carbocycles.